The molecule has 11 heteroatoms. The first-order valence-electron chi connectivity index (χ1n) is 15.8. The second-order valence-electron chi connectivity index (χ2n) is 10.3. The van der Waals surface area contributed by atoms with Gasteiger partial charge in [0, 0.05) is 30.4 Å². The van der Waals surface area contributed by atoms with Crippen LogP contribution in [0.5, 0.6) is 28.7 Å². The number of unbranched alkanes of at least 4 members (excludes halogenated alkanes) is 2. The van der Waals surface area contributed by atoms with Crippen molar-refractivity contribution in [3.63, 3.8) is 0 Å². The second-order valence-corrected chi connectivity index (χ2v) is 10.3. The van der Waals surface area contributed by atoms with E-state index in [-0.39, 0.29) is 17.2 Å². The molecule has 0 N–H and O–H groups in total. The zero-order valence-electron chi connectivity index (χ0n) is 27.9. The second kappa shape index (κ2) is 21.7. The number of rotatable bonds is 21. The molecule has 0 unspecified atom stereocenters. The normalized spacial score (nSPS) is 10.7. The van der Waals surface area contributed by atoms with Crippen LogP contribution in [-0.4, -0.2) is 57.4 Å². The number of carbonyl (C=O) groups is 4. The van der Waals surface area contributed by atoms with Crippen LogP contribution in [0.25, 0.3) is 12.2 Å². The zero-order chi connectivity index (χ0) is 36.0. The van der Waals surface area contributed by atoms with E-state index < -0.39 is 23.9 Å². The fourth-order valence-electron chi connectivity index (χ4n) is 4.02. The summed E-state index contributed by atoms with van der Waals surface area (Å²) >= 11 is 0. The van der Waals surface area contributed by atoms with Gasteiger partial charge in [0.25, 0.3) is 0 Å². The Morgan fingerprint density at radius 2 is 0.980 bits per heavy atom. The molecule has 262 valence electrons. The summed E-state index contributed by atoms with van der Waals surface area (Å²) in [6.45, 7) is 8.26. The largest absolute Gasteiger partial charge is 0.494 e. The molecule has 50 heavy (non-hydrogen) atoms. The first-order chi connectivity index (χ1) is 24.3. The lowest BCUT2D eigenvalue weighted by Crippen LogP contribution is -2.06. The fraction of sp³-hybridized carbons (Fsp3) is 0.231. The summed E-state index contributed by atoms with van der Waals surface area (Å²) in [4.78, 5) is 47.0. The van der Waals surface area contributed by atoms with Crippen molar-refractivity contribution in [2.24, 2.45) is 0 Å². The summed E-state index contributed by atoms with van der Waals surface area (Å²) in [5, 5.41) is 0. The van der Waals surface area contributed by atoms with Gasteiger partial charge < -0.3 is 33.2 Å². The molecule has 0 saturated carbocycles. The van der Waals surface area contributed by atoms with Gasteiger partial charge in [-0.25, -0.2) is 19.2 Å². The van der Waals surface area contributed by atoms with Gasteiger partial charge in [-0.2, -0.15) is 0 Å². The van der Waals surface area contributed by atoms with E-state index in [1.165, 1.54) is 37.5 Å². The van der Waals surface area contributed by atoms with E-state index in [1.54, 1.807) is 60.7 Å². The maximum atomic E-state index is 12.5. The van der Waals surface area contributed by atoms with E-state index in [1.807, 2.05) is 0 Å². The van der Waals surface area contributed by atoms with Crippen LogP contribution >= 0.6 is 0 Å². The van der Waals surface area contributed by atoms with Crippen LogP contribution in [-0.2, 0) is 28.7 Å². The topological polar surface area (TPSA) is 133 Å². The Labute approximate surface area is 291 Å². The van der Waals surface area contributed by atoms with Gasteiger partial charge in [0.05, 0.1) is 33.5 Å². The number of esters is 4. The van der Waals surface area contributed by atoms with E-state index in [4.69, 9.17) is 33.2 Å². The molecule has 0 radical (unpaired) electrons. The Kier molecular flexibility index (Phi) is 16.7. The highest BCUT2D eigenvalue weighted by Crippen LogP contribution is 2.31. The summed E-state index contributed by atoms with van der Waals surface area (Å²) in [7, 11) is 1.41. The minimum Gasteiger partial charge on any atom is -0.494 e. The summed E-state index contributed by atoms with van der Waals surface area (Å²) in [5.74, 6) is -0.223. The van der Waals surface area contributed by atoms with Gasteiger partial charge in [0.15, 0.2) is 11.5 Å². The van der Waals surface area contributed by atoms with E-state index in [2.05, 4.69) is 13.2 Å². The number of hydrogen-bond donors (Lipinski definition) is 0. The molecule has 0 heterocycles. The van der Waals surface area contributed by atoms with Gasteiger partial charge in [-0.05, 0) is 85.4 Å². The van der Waals surface area contributed by atoms with Crippen molar-refractivity contribution in [3.05, 3.63) is 115 Å². The zero-order valence-corrected chi connectivity index (χ0v) is 27.9. The Balaban J connectivity index is 1.41. The number of methoxy groups -OCH3 is 1. The average Bonchev–Trinajstić information content (AvgIpc) is 3.13. The van der Waals surface area contributed by atoms with Crippen LogP contribution in [0, 0.1) is 0 Å². The van der Waals surface area contributed by atoms with Gasteiger partial charge in [-0.3, -0.25) is 0 Å². The van der Waals surface area contributed by atoms with Crippen molar-refractivity contribution in [1.29, 1.82) is 0 Å². The molecule has 3 aromatic rings. The molecule has 0 aromatic heterocycles. The van der Waals surface area contributed by atoms with E-state index in [9.17, 15) is 19.2 Å². The van der Waals surface area contributed by atoms with Crippen LogP contribution < -0.4 is 23.7 Å². The molecular weight excluding hydrogens is 644 g/mol. The van der Waals surface area contributed by atoms with Crippen molar-refractivity contribution in [2.75, 3.05) is 33.5 Å². The van der Waals surface area contributed by atoms with Crippen molar-refractivity contribution in [3.8, 4) is 28.7 Å². The standard InChI is InChI=1S/C39H40O11/c1-4-36(40)47-26-8-6-24-45-31-16-10-29(11-17-31)14-22-38(42)49-33-20-21-34(35(28-33)44-3)50-39(43)23-15-30-12-18-32(19-13-30)46-25-7-9-27-48-37(41)5-2/h4-5,10-23,28H,1-2,6-9,24-27H2,3H3. The third-order valence-electron chi connectivity index (χ3n) is 6.58. The number of benzene rings is 3. The maximum Gasteiger partial charge on any atom is 0.336 e. The van der Waals surface area contributed by atoms with Gasteiger partial charge >= 0.3 is 23.9 Å². The fourth-order valence-corrected chi connectivity index (χ4v) is 4.02. The van der Waals surface area contributed by atoms with Crippen LogP contribution in [0.3, 0.4) is 0 Å². The Hall–Kier alpha value is -6.10. The van der Waals surface area contributed by atoms with E-state index >= 15 is 0 Å². The third-order valence-corrected chi connectivity index (χ3v) is 6.58. The molecule has 0 fully saturated rings. The predicted molar refractivity (Wildman–Crippen MR) is 187 cm³/mol. The molecule has 0 amide bonds. The lowest BCUT2D eigenvalue weighted by Gasteiger charge is -2.10. The predicted octanol–water partition coefficient (Wildman–Crippen LogP) is 6.71. The Bertz CT molecular complexity index is 1640. The van der Waals surface area contributed by atoms with E-state index in [0.29, 0.717) is 50.8 Å². The summed E-state index contributed by atoms with van der Waals surface area (Å²) in [6, 6.07) is 18.7. The summed E-state index contributed by atoms with van der Waals surface area (Å²) in [6.07, 6.45) is 10.8. The van der Waals surface area contributed by atoms with Gasteiger partial charge in [0.2, 0.25) is 0 Å². The molecule has 0 aliphatic heterocycles. The van der Waals surface area contributed by atoms with Gasteiger partial charge in [0.1, 0.15) is 17.2 Å². The quantitative estimate of drug-likeness (QED) is 0.0513. The maximum absolute atomic E-state index is 12.5. The van der Waals surface area contributed by atoms with Crippen LogP contribution in [0.4, 0.5) is 0 Å². The smallest absolute Gasteiger partial charge is 0.336 e. The van der Waals surface area contributed by atoms with Crippen LogP contribution in [0.1, 0.15) is 36.8 Å². The third kappa shape index (κ3) is 14.8. The molecule has 0 saturated heterocycles. The SMILES string of the molecule is C=CC(=O)OCCCCOc1ccc(C=CC(=O)Oc2ccc(OC(=O)C=Cc3ccc(OCCCCOC(=O)C=C)cc3)c(OC)c2)cc1. The monoisotopic (exact) mass is 684 g/mol. The lowest BCUT2D eigenvalue weighted by atomic mass is 10.2. The Morgan fingerprint density at radius 3 is 1.44 bits per heavy atom. The summed E-state index contributed by atoms with van der Waals surface area (Å²) in [5.41, 5.74) is 1.52. The number of ether oxygens (including phenoxy) is 7. The molecule has 0 aliphatic carbocycles. The first kappa shape index (κ1) is 38.3. The van der Waals surface area contributed by atoms with Crippen molar-refractivity contribution in [2.45, 2.75) is 25.7 Å². The molecule has 0 atom stereocenters. The molecule has 0 aliphatic rings. The lowest BCUT2D eigenvalue weighted by molar-refractivity contribution is -0.138. The van der Waals surface area contributed by atoms with Crippen LogP contribution in [0.15, 0.2) is 104 Å². The van der Waals surface area contributed by atoms with Crippen LogP contribution in [0.2, 0.25) is 0 Å². The Morgan fingerprint density at radius 1 is 0.540 bits per heavy atom. The number of carbonyl (C=O) groups excluding carboxylic acids is 4. The minimum atomic E-state index is -0.628. The van der Waals surface area contributed by atoms with Gasteiger partial charge in [-0.15, -0.1) is 0 Å². The van der Waals surface area contributed by atoms with Gasteiger partial charge in [-0.1, -0.05) is 37.4 Å². The summed E-state index contributed by atoms with van der Waals surface area (Å²) < 4.78 is 37.3. The average molecular weight is 685 g/mol. The molecule has 0 spiro atoms. The van der Waals surface area contributed by atoms with Crippen molar-refractivity contribution in [1.82, 2.24) is 0 Å². The first-order valence-corrected chi connectivity index (χ1v) is 15.8. The molecule has 11 nitrogen and oxygen atoms in total. The number of hydrogen-bond acceptors (Lipinski definition) is 11. The highest BCUT2D eigenvalue weighted by atomic mass is 16.6. The minimum absolute atomic E-state index is 0.152. The van der Waals surface area contributed by atoms with Crippen molar-refractivity contribution < 1.29 is 52.3 Å². The molecular formula is C39H40O11. The van der Waals surface area contributed by atoms with E-state index in [0.717, 1.165) is 36.1 Å². The molecule has 3 rings (SSSR count). The van der Waals surface area contributed by atoms with Crippen molar-refractivity contribution >= 4 is 36.0 Å². The highest BCUT2D eigenvalue weighted by Gasteiger charge is 2.11. The highest BCUT2D eigenvalue weighted by molar-refractivity contribution is 5.90. The molecule has 3 aromatic carbocycles. The molecule has 0 bridgehead atoms.